The molecular formula is C23H22N4O3. The minimum atomic E-state index is -0.302. The summed E-state index contributed by atoms with van der Waals surface area (Å²) in [6.45, 7) is 2.03. The molecule has 1 amide bonds. The van der Waals surface area contributed by atoms with Gasteiger partial charge < -0.3 is 19.4 Å². The summed E-state index contributed by atoms with van der Waals surface area (Å²) < 4.78 is 14.3. The van der Waals surface area contributed by atoms with E-state index in [1.54, 1.807) is 43.3 Å². The van der Waals surface area contributed by atoms with Gasteiger partial charge in [0.1, 0.15) is 17.1 Å². The number of aryl methyl sites for hydroxylation is 1. The minimum Gasteiger partial charge on any atom is -0.497 e. The predicted octanol–water partition coefficient (Wildman–Crippen LogP) is 4.24. The van der Waals surface area contributed by atoms with Crippen LogP contribution in [0.5, 0.6) is 11.5 Å². The Bertz CT molecular complexity index is 1160. The highest BCUT2D eigenvalue weighted by molar-refractivity contribution is 6.07. The lowest BCUT2D eigenvalue weighted by atomic mass is 10.2. The molecule has 4 rings (SSSR count). The van der Waals surface area contributed by atoms with Gasteiger partial charge in [-0.2, -0.15) is 5.10 Å². The van der Waals surface area contributed by atoms with Crippen LogP contribution in [0.15, 0.2) is 73.2 Å². The molecule has 0 saturated heterocycles. The van der Waals surface area contributed by atoms with Gasteiger partial charge in [0.25, 0.3) is 5.91 Å². The Kier molecular flexibility index (Phi) is 5.26. The Morgan fingerprint density at radius 2 is 1.73 bits per heavy atom. The van der Waals surface area contributed by atoms with Crippen molar-refractivity contribution in [3.05, 3.63) is 84.3 Å². The number of hydrogen-bond donors (Lipinski definition) is 1. The lowest BCUT2D eigenvalue weighted by molar-refractivity contribution is 0.102. The second-order valence-corrected chi connectivity index (χ2v) is 6.74. The molecule has 2 aromatic carbocycles. The van der Waals surface area contributed by atoms with E-state index in [2.05, 4.69) is 10.4 Å². The Labute approximate surface area is 174 Å². The smallest absolute Gasteiger partial charge is 0.261 e. The summed E-state index contributed by atoms with van der Waals surface area (Å²) in [4.78, 5) is 13.2. The number of rotatable bonds is 6. The minimum absolute atomic E-state index is 0.302. The maximum atomic E-state index is 13.2. The number of nitrogens with zero attached hydrogens (tertiary/aromatic N) is 3. The van der Waals surface area contributed by atoms with Gasteiger partial charge in [0.05, 0.1) is 31.8 Å². The van der Waals surface area contributed by atoms with Gasteiger partial charge in [-0.1, -0.05) is 17.7 Å². The average molecular weight is 402 g/mol. The van der Waals surface area contributed by atoms with Crippen molar-refractivity contribution in [3.63, 3.8) is 0 Å². The highest BCUT2D eigenvalue weighted by atomic mass is 16.5. The molecule has 152 valence electrons. The zero-order valence-corrected chi connectivity index (χ0v) is 17.0. The van der Waals surface area contributed by atoms with Gasteiger partial charge in [0.2, 0.25) is 0 Å². The molecule has 4 aromatic rings. The SMILES string of the molecule is COc1ccc(OC)c(NC(=O)c2cnn(-c3ccc(C)cc3)c2-n2cccc2)c1. The monoisotopic (exact) mass is 402 g/mol. The maximum Gasteiger partial charge on any atom is 0.261 e. The van der Waals surface area contributed by atoms with Crippen LogP contribution in [0.4, 0.5) is 5.69 Å². The van der Waals surface area contributed by atoms with E-state index in [-0.39, 0.29) is 5.91 Å². The molecule has 0 bridgehead atoms. The third-order valence-corrected chi connectivity index (χ3v) is 4.77. The van der Waals surface area contributed by atoms with Gasteiger partial charge in [0.15, 0.2) is 5.82 Å². The normalized spacial score (nSPS) is 10.6. The molecule has 30 heavy (non-hydrogen) atoms. The van der Waals surface area contributed by atoms with Crippen molar-refractivity contribution in [1.29, 1.82) is 0 Å². The number of carbonyl (C=O) groups excluding carboxylic acids is 1. The Hall–Kier alpha value is -4.00. The van der Waals surface area contributed by atoms with E-state index in [9.17, 15) is 4.79 Å². The lowest BCUT2D eigenvalue weighted by Gasteiger charge is -2.13. The van der Waals surface area contributed by atoms with Crippen LogP contribution in [0.2, 0.25) is 0 Å². The van der Waals surface area contributed by atoms with Crippen LogP contribution >= 0.6 is 0 Å². The number of methoxy groups -OCH3 is 2. The van der Waals surface area contributed by atoms with E-state index in [0.717, 1.165) is 11.3 Å². The van der Waals surface area contributed by atoms with E-state index in [1.807, 2.05) is 60.3 Å². The summed E-state index contributed by atoms with van der Waals surface area (Å²) in [6.07, 6.45) is 5.33. The van der Waals surface area contributed by atoms with Gasteiger partial charge in [-0.15, -0.1) is 0 Å². The summed E-state index contributed by atoms with van der Waals surface area (Å²) in [5.41, 5.74) is 2.96. The number of nitrogens with one attached hydrogen (secondary N) is 1. The molecule has 7 nitrogen and oxygen atoms in total. The number of aromatic nitrogens is 3. The van der Waals surface area contributed by atoms with Gasteiger partial charge in [-0.25, -0.2) is 4.68 Å². The van der Waals surface area contributed by atoms with Crippen molar-refractivity contribution in [2.45, 2.75) is 6.92 Å². The quantitative estimate of drug-likeness (QED) is 0.524. The topological polar surface area (TPSA) is 70.3 Å². The van der Waals surface area contributed by atoms with Gasteiger partial charge >= 0.3 is 0 Å². The zero-order valence-electron chi connectivity index (χ0n) is 17.0. The molecule has 0 atom stereocenters. The molecular weight excluding hydrogens is 380 g/mol. The second-order valence-electron chi connectivity index (χ2n) is 6.74. The Morgan fingerprint density at radius 3 is 2.40 bits per heavy atom. The molecule has 0 aliphatic rings. The number of amides is 1. The summed E-state index contributed by atoms with van der Waals surface area (Å²) in [5, 5.41) is 7.41. The van der Waals surface area contributed by atoms with Gasteiger partial charge in [-0.3, -0.25) is 4.79 Å². The molecule has 7 heteroatoms. The fourth-order valence-corrected chi connectivity index (χ4v) is 3.20. The standard InChI is InChI=1S/C23H22N4O3/c1-16-6-8-17(9-7-16)27-23(26-12-4-5-13-26)19(15-24-27)22(28)25-20-14-18(29-2)10-11-21(20)30-3/h4-15H,1-3H3,(H,25,28). The molecule has 0 aliphatic carbocycles. The molecule has 2 aromatic heterocycles. The zero-order chi connectivity index (χ0) is 21.1. The maximum absolute atomic E-state index is 13.2. The van der Waals surface area contributed by atoms with E-state index in [1.165, 1.54) is 0 Å². The van der Waals surface area contributed by atoms with Crippen molar-refractivity contribution in [1.82, 2.24) is 14.3 Å². The number of benzene rings is 2. The van der Waals surface area contributed by atoms with Crippen LogP contribution < -0.4 is 14.8 Å². The number of hydrogen-bond acceptors (Lipinski definition) is 4. The molecule has 0 saturated carbocycles. The lowest BCUT2D eigenvalue weighted by Crippen LogP contribution is -2.16. The van der Waals surface area contributed by atoms with Crippen LogP contribution in [0.1, 0.15) is 15.9 Å². The van der Waals surface area contributed by atoms with Crippen LogP contribution in [-0.4, -0.2) is 34.5 Å². The van der Waals surface area contributed by atoms with Crippen LogP contribution in [0.25, 0.3) is 11.5 Å². The average Bonchev–Trinajstić information content (AvgIpc) is 3.44. The fraction of sp³-hybridized carbons (Fsp3) is 0.130. The van der Waals surface area contributed by atoms with Gasteiger partial charge in [0, 0.05) is 18.5 Å². The first-order chi connectivity index (χ1) is 14.6. The first-order valence-corrected chi connectivity index (χ1v) is 9.42. The largest absolute Gasteiger partial charge is 0.497 e. The van der Waals surface area contributed by atoms with Crippen LogP contribution in [0.3, 0.4) is 0 Å². The summed E-state index contributed by atoms with van der Waals surface area (Å²) >= 11 is 0. The summed E-state index contributed by atoms with van der Waals surface area (Å²) in [7, 11) is 3.13. The third-order valence-electron chi connectivity index (χ3n) is 4.77. The van der Waals surface area contributed by atoms with Crippen molar-refractivity contribution in [2.75, 3.05) is 19.5 Å². The highest BCUT2D eigenvalue weighted by Crippen LogP contribution is 2.30. The second kappa shape index (κ2) is 8.16. The first kappa shape index (κ1) is 19.3. The van der Waals surface area contributed by atoms with E-state index < -0.39 is 0 Å². The summed E-state index contributed by atoms with van der Waals surface area (Å²) in [6, 6.07) is 17.0. The van der Waals surface area contributed by atoms with Crippen molar-refractivity contribution in [3.8, 4) is 23.0 Å². The van der Waals surface area contributed by atoms with E-state index in [4.69, 9.17) is 9.47 Å². The van der Waals surface area contributed by atoms with E-state index >= 15 is 0 Å². The molecule has 0 unspecified atom stereocenters. The molecule has 1 N–H and O–H groups in total. The molecule has 0 spiro atoms. The van der Waals surface area contributed by atoms with Gasteiger partial charge in [-0.05, 0) is 43.3 Å². The Balaban J connectivity index is 1.76. The van der Waals surface area contributed by atoms with Crippen molar-refractivity contribution in [2.24, 2.45) is 0 Å². The molecule has 0 radical (unpaired) electrons. The molecule has 0 aliphatic heterocycles. The molecule has 0 fully saturated rings. The van der Waals surface area contributed by atoms with Crippen LogP contribution in [0, 0.1) is 6.92 Å². The molecule has 2 heterocycles. The fourth-order valence-electron chi connectivity index (χ4n) is 3.20. The summed E-state index contributed by atoms with van der Waals surface area (Å²) in [5.74, 6) is 1.50. The predicted molar refractivity (Wildman–Crippen MR) is 115 cm³/mol. The van der Waals surface area contributed by atoms with Crippen LogP contribution in [-0.2, 0) is 0 Å². The Morgan fingerprint density at radius 1 is 1.00 bits per heavy atom. The third kappa shape index (κ3) is 3.65. The van der Waals surface area contributed by atoms with Crippen molar-refractivity contribution < 1.29 is 14.3 Å². The van der Waals surface area contributed by atoms with E-state index in [0.29, 0.717) is 28.6 Å². The number of anilines is 1. The number of carbonyl (C=O) groups is 1. The van der Waals surface area contributed by atoms with Crippen molar-refractivity contribution >= 4 is 11.6 Å². The number of ether oxygens (including phenoxy) is 2. The highest BCUT2D eigenvalue weighted by Gasteiger charge is 2.21. The first-order valence-electron chi connectivity index (χ1n) is 9.42.